The molecule has 0 aromatic heterocycles. The van der Waals surface area contributed by atoms with Gasteiger partial charge in [0, 0.05) is 59.8 Å². The Hall–Kier alpha value is -2.67. The number of carboxylic acid groups (broad SMARTS) is 1. The van der Waals surface area contributed by atoms with Gasteiger partial charge in [0.1, 0.15) is 16.7 Å². The monoisotopic (exact) mass is 691 g/mol. The number of carboxylic acids is 1. The summed E-state index contributed by atoms with van der Waals surface area (Å²) in [6.07, 6.45) is 4.22. The second-order valence-electron chi connectivity index (χ2n) is 11.2. The zero-order chi connectivity index (χ0) is 31.9. The quantitative estimate of drug-likeness (QED) is 0.226. The maximum atomic E-state index is 13.5. The molecule has 13 heteroatoms. The summed E-state index contributed by atoms with van der Waals surface area (Å²) in [5.74, 6) is -0.961. The molecule has 2 saturated heterocycles. The first-order valence-corrected chi connectivity index (χ1v) is 17.0. The lowest BCUT2D eigenvalue weighted by Gasteiger charge is -2.27. The van der Waals surface area contributed by atoms with E-state index < -0.39 is 5.97 Å². The molecule has 2 N–H and O–H groups in total. The van der Waals surface area contributed by atoms with E-state index in [1.165, 1.54) is 16.7 Å². The maximum Gasteiger partial charge on any atom is 0.306 e. The molecule has 1 saturated carbocycles. The van der Waals surface area contributed by atoms with Crippen molar-refractivity contribution in [2.45, 2.75) is 38.1 Å². The molecule has 2 aromatic carbocycles. The summed E-state index contributed by atoms with van der Waals surface area (Å²) in [6.45, 7) is 4.50. The Morgan fingerprint density at radius 2 is 1.84 bits per heavy atom. The van der Waals surface area contributed by atoms with Gasteiger partial charge in [-0.1, -0.05) is 59.3 Å². The molecule has 5 rings (SSSR count). The molecule has 0 bridgehead atoms. The van der Waals surface area contributed by atoms with E-state index in [1.54, 1.807) is 18.2 Å². The van der Waals surface area contributed by atoms with Gasteiger partial charge in [-0.25, -0.2) is 0 Å². The molecule has 240 valence electrons. The third-order valence-corrected chi connectivity index (χ3v) is 10.1. The molecule has 2 aliphatic heterocycles. The number of aliphatic carboxylic acids is 1. The number of amides is 2. The standard InChI is InChI=1S/C32H35Cl2N3O6S2/c33-23-4-7-25(26(34)19-23)21-3-8-27(43-16-13-36-11-14-42-15-12-36)22(17-21)18-28-30(39)37(32(44)45-28)10-9-29(38)35-24-5-1-20(2-6-24)31(40)41/h3-4,7-8,17-20,24H,1-2,5-6,9-16H2,(H,35,38)(H,40,41)/b28-18-. The number of carbonyl (C=O) groups excluding carboxylic acids is 2. The molecule has 3 aliphatic rings. The van der Waals surface area contributed by atoms with E-state index in [0.717, 1.165) is 30.8 Å². The third-order valence-electron chi connectivity index (χ3n) is 8.18. The number of rotatable bonds is 11. The van der Waals surface area contributed by atoms with Crippen LogP contribution in [-0.4, -0.2) is 89.1 Å². The molecule has 0 spiro atoms. The van der Waals surface area contributed by atoms with E-state index in [-0.39, 0.29) is 36.7 Å². The number of hydrogen-bond acceptors (Lipinski definition) is 8. The molecule has 1 aliphatic carbocycles. The van der Waals surface area contributed by atoms with E-state index in [2.05, 4.69) is 10.2 Å². The first-order chi connectivity index (χ1) is 21.7. The van der Waals surface area contributed by atoms with Crippen molar-refractivity contribution in [2.24, 2.45) is 5.92 Å². The van der Waals surface area contributed by atoms with Crippen molar-refractivity contribution in [3.8, 4) is 16.9 Å². The van der Waals surface area contributed by atoms with Crippen LogP contribution in [0.2, 0.25) is 10.0 Å². The number of nitrogens with one attached hydrogen (secondary N) is 1. The highest BCUT2D eigenvalue weighted by Crippen LogP contribution is 2.37. The Labute approximate surface area is 282 Å². The summed E-state index contributed by atoms with van der Waals surface area (Å²) in [6, 6.07) is 11.0. The minimum atomic E-state index is -0.783. The number of thiocarbonyl (C=S) groups is 1. The molecular formula is C32H35Cl2N3O6S2. The zero-order valence-corrected chi connectivity index (χ0v) is 27.8. The lowest BCUT2D eigenvalue weighted by atomic mass is 9.86. The largest absolute Gasteiger partial charge is 0.492 e. The van der Waals surface area contributed by atoms with Crippen LogP contribution in [0.3, 0.4) is 0 Å². The van der Waals surface area contributed by atoms with Gasteiger partial charge >= 0.3 is 5.97 Å². The lowest BCUT2D eigenvalue weighted by Crippen LogP contribution is -2.40. The van der Waals surface area contributed by atoms with Crippen LogP contribution in [0.4, 0.5) is 0 Å². The van der Waals surface area contributed by atoms with Crippen LogP contribution >= 0.6 is 47.2 Å². The Bertz CT molecular complexity index is 1470. The highest BCUT2D eigenvalue weighted by Gasteiger charge is 2.33. The molecule has 45 heavy (non-hydrogen) atoms. The molecule has 3 fully saturated rings. The number of nitrogens with zero attached hydrogens (tertiary/aromatic N) is 2. The highest BCUT2D eigenvalue weighted by molar-refractivity contribution is 8.26. The van der Waals surface area contributed by atoms with Gasteiger partial charge in [0.25, 0.3) is 5.91 Å². The Morgan fingerprint density at radius 3 is 2.56 bits per heavy atom. The van der Waals surface area contributed by atoms with E-state index in [9.17, 15) is 19.5 Å². The summed E-state index contributed by atoms with van der Waals surface area (Å²) in [5.41, 5.74) is 2.34. The van der Waals surface area contributed by atoms with Gasteiger partial charge in [0.05, 0.1) is 24.0 Å². The summed E-state index contributed by atoms with van der Waals surface area (Å²) in [7, 11) is 0. The van der Waals surface area contributed by atoms with E-state index in [4.69, 9.17) is 44.9 Å². The minimum Gasteiger partial charge on any atom is -0.492 e. The second kappa shape index (κ2) is 15.8. The van der Waals surface area contributed by atoms with Gasteiger partial charge in [-0.2, -0.15) is 0 Å². The van der Waals surface area contributed by atoms with Crippen molar-refractivity contribution in [3.05, 3.63) is 56.9 Å². The summed E-state index contributed by atoms with van der Waals surface area (Å²) >= 11 is 19.4. The Morgan fingerprint density at radius 1 is 1.09 bits per heavy atom. The van der Waals surface area contributed by atoms with Crippen LogP contribution in [0.1, 0.15) is 37.7 Å². The van der Waals surface area contributed by atoms with Crippen LogP contribution in [0.25, 0.3) is 17.2 Å². The zero-order valence-electron chi connectivity index (χ0n) is 24.6. The van der Waals surface area contributed by atoms with Crippen LogP contribution in [0, 0.1) is 5.92 Å². The molecule has 2 heterocycles. The number of carbonyl (C=O) groups is 3. The van der Waals surface area contributed by atoms with Gasteiger partial charge in [-0.3, -0.25) is 24.2 Å². The van der Waals surface area contributed by atoms with Gasteiger partial charge in [-0.05, 0) is 61.6 Å². The maximum absolute atomic E-state index is 13.5. The van der Waals surface area contributed by atoms with Crippen molar-refractivity contribution in [2.75, 3.05) is 46.0 Å². The van der Waals surface area contributed by atoms with Crippen molar-refractivity contribution in [1.29, 1.82) is 0 Å². The van der Waals surface area contributed by atoms with Crippen molar-refractivity contribution in [3.63, 3.8) is 0 Å². The van der Waals surface area contributed by atoms with Crippen molar-refractivity contribution < 1.29 is 29.0 Å². The SMILES string of the molecule is O=C(CCN1C(=O)/C(=C/c2cc(-c3ccc(Cl)cc3Cl)ccc2OCCN2CCOCC2)SC1=S)NC1CCC(C(=O)O)CC1. The van der Waals surface area contributed by atoms with E-state index in [0.29, 0.717) is 76.1 Å². The van der Waals surface area contributed by atoms with Crippen LogP contribution in [0.15, 0.2) is 41.3 Å². The Kier molecular flexibility index (Phi) is 11.8. The van der Waals surface area contributed by atoms with Gasteiger partial charge in [-0.15, -0.1) is 0 Å². The molecule has 2 aromatic rings. The average molecular weight is 693 g/mol. The van der Waals surface area contributed by atoms with Gasteiger partial charge < -0.3 is 19.9 Å². The normalized spacial score (nSPS) is 21.7. The second-order valence-corrected chi connectivity index (χ2v) is 13.7. The molecule has 2 amide bonds. The summed E-state index contributed by atoms with van der Waals surface area (Å²) in [5, 5.41) is 13.2. The van der Waals surface area contributed by atoms with Crippen molar-refractivity contribution in [1.82, 2.24) is 15.1 Å². The highest BCUT2D eigenvalue weighted by atomic mass is 35.5. The van der Waals surface area contributed by atoms with E-state index in [1.807, 2.05) is 24.3 Å². The fourth-order valence-electron chi connectivity index (χ4n) is 5.63. The number of halogens is 2. The number of hydrogen-bond donors (Lipinski definition) is 2. The van der Waals surface area contributed by atoms with E-state index >= 15 is 0 Å². The molecular weight excluding hydrogens is 657 g/mol. The predicted molar refractivity (Wildman–Crippen MR) is 181 cm³/mol. The van der Waals surface area contributed by atoms with Gasteiger partial charge in [0.2, 0.25) is 5.91 Å². The number of benzene rings is 2. The van der Waals surface area contributed by atoms with Crippen molar-refractivity contribution >= 4 is 75.4 Å². The van der Waals surface area contributed by atoms with Gasteiger partial charge in [0.15, 0.2) is 0 Å². The third kappa shape index (κ3) is 8.99. The molecule has 0 radical (unpaired) electrons. The van der Waals surface area contributed by atoms with Crippen LogP contribution in [-0.2, 0) is 19.1 Å². The average Bonchev–Trinajstić information content (AvgIpc) is 3.28. The van der Waals surface area contributed by atoms with Crippen LogP contribution in [0.5, 0.6) is 5.75 Å². The fraction of sp³-hybridized carbons (Fsp3) is 0.438. The molecule has 9 nitrogen and oxygen atoms in total. The fourth-order valence-corrected chi connectivity index (χ4v) is 7.44. The summed E-state index contributed by atoms with van der Waals surface area (Å²) < 4.78 is 12.0. The van der Waals surface area contributed by atoms with Crippen LogP contribution < -0.4 is 10.1 Å². The topological polar surface area (TPSA) is 108 Å². The number of ether oxygens (including phenoxy) is 2. The minimum absolute atomic E-state index is 0.0535. The lowest BCUT2D eigenvalue weighted by molar-refractivity contribution is -0.142. The number of morpholine rings is 1. The number of thioether (sulfide) groups is 1. The summed E-state index contributed by atoms with van der Waals surface area (Å²) in [4.78, 5) is 41.5. The first kappa shape index (κ1) is 33.7. The predicted octanol–water partition coefficient (Wildman–Crippen LogP) is 5.72. The first-order valence-electron chi connectivity index (χ1n) is 15.0. The Balaban J connectivity index is 1.27. The smallest absolute Gasteiger partial charge is 0.306 e. The molecule has 0 atom stereocenters. The molecule has 0 unspecified atom stereocenters.